The van der Waals surface area contributed by atoms with Gasteiger partial charge in [0.25, 0.3) is 0 Å². The average Bonchev–Trinajstić information content (AvgIpc) is 3.06. The molecule has 1 aliphatic heterocycles. The predicted octanol–water partition coefficient (Wildman–Crippen LogP) is 2.03. The molecular formula is C22H20FN3O6. The van der Waals surface area contributed by atoms with E-state index in [1.165, 1.54) is 42.9 Å². The van der Waals surface area contributed by atoms with Crippen molar-refractivity contribution in [1.29, 1.82) is 0 Å². The molecule has 1 fully saturated rings. The molecule has 1 aliphatic carbocycles. The number of rotatable bonds is 4. The number of aromatic nitrogens is 1. The summed E-state index contributed by atoms with van der Waals surface area (Å²) in [6.07, 6.45) is 1.05. The van der Waals surface area contributed by atoms with Gasteiger partial charge in [-0.2, -0.15) is 0 Å². The maximum atomic E-state index is 13.6. The largest absolute Gasteiger partial charge is 0.480 e. The molecule has 0 radical (unpaired) electrons. The lowest BCUT2D eigenvalue weighted by molar-refractivity contribution is -0.143. The van der Waals surface area contributed by atoms with Gasteiger partial charge in [0.2, 0.25) is 11.8 Å². The summed E-state index contributed by atoms with van der Waals surface area (Å²) in [5.41, 5.74) is 1.17. The van der Waals surface area contributed by atoms with E-state index >= 15 is 0 Å². The Hall–Kier alpha value is -3.82. The Labute approximate surface area is 182 Å². The van der Waals surface area contributed by atoms with Crippen molar-refractivity contribution in [3.8, 4) is 11.3 Å². The number of carboxylic acid groups (broad SMARTS) is 1. The number of hydrogen-bond donors (Lipinski definition) is 1. The molecule has 2 heterocycles. The fourth-order valence-electron chi connectivity index (χ4n) is 4.46. The number of carbonyl (C=O) groups is 5. The minimum Gasteiger partial charge on any atom is -0.480 e. The highest BCUT2D eigenvalue weighted by Crippen LogP contribution is 2.42. The van der Waals surface area contributed by atoms with Gasteiger partial charge in [0, 0.05) is 37.3 Å². The molecule has 9 nitrogen and oxygen atoms in total. The molecule has 2 aromatic rings. The maximum absolute atomic E-state index is 13.6. The van der Waals surface area contributed by atoms with Crippen molar-refractivity contribution in [1.82, 2.24) is 14.4 Å². The number of carboxylic acids is 1. The number of fused-ring (bicyclic) bond motifs is 1. The highest BCUT2D eigenvalue weighted by Gasteiger charge is 2.48. The fourth-order valence-corrected chi connectivity index (χ4v) is 4.46. The molecular weight excluding hydrogens is 421 g/mol. The number of aliphatic carboxylic acids is 1. The molecule has 10 heteroatoms. The zero-order valence-corrected chi connectivity index (χ0v) is 17.4. The van der Waals surface area contributed by atoms with Crippen molar-refractivity contribution in [2.75, 3.05) is 14.1 Å². The Morgan fingerprint density at radius 3 is 2.19 bits per heavy atom. The van der Waals surface area contributed by atoms with Gasteiger partial charge in [-0.15, -0.1) is 0 Å². The monoisotopic (exact) mass is 441 g/mol. The third kappa shape index (κ3) is 3.19. The van der Waals surface area contributed by atoms with Crippen LogP contribution in [0.25, 0.3) is 11.3 Å². The highest BCUT2D eigenvalue weighted by molar-refractivity contribution is 6.21. The van der Waals surface area contributed by atoms with Gasteiger partial charge in [-0.1, -0.05) is 0 Å². The Morgan fingerprint density at radius 2 is 1.62 bits per heavy atom. The molecule has 0 spiro atoms. The number of benzene rings is 1. The van der Waals surface area contributed by atoms with E-state index in [4.69, 9.17) is 0 Å². The quantitative estimate of drug-likeness (QED) is 0.726. The summed E-state index contributed by atoms with van der Waals surface area (Å²) in [5.74, 6) is -5.14. The van der Waals surface area contributed by atoms with E-state index < -0.39 is 42.1 Å². The van der Waals surface area contributed by atoms with Crippen LogP contribution < -0.4 is 0 Å². The van der Waals surface area contributed by atoms with E-state index in [1.807, 2.05) is 0 Å². The summed E-state index contributed by atoms with van der Waals surface area (Å²) in [6.45, 7) is -0.512. The van der Waals surface area contributed by atoms with Crippen LogP contribution in [0, 0.1) is 5.82 Å². The lowest BCUT2D eigenvalue weighted by atomic mass is 9.84. The molecule has 1 saturated heterocycles. The van der Waals surface area contributed by atoms with Crippen LogP contribution in [0.3, 0.4) is 0 Å². The van der Waals surface area contributed by atoms with E-state index in [1.54, 1.807) is 0 Å². The van der Waals surface area contributed by atoms with Gasteiger partial charge >= 0.3 is 12.0 Å². The Kier molecular flexibility index (Phi) is 5.15. The van der Waals surface area contributed by atoms with Crippen LogP contribution in [-0.2, 0) is 27.3 Å². The highest BCUT2D eigenvalue weighted by atomic mass is 19.1. The summed E-state index contributed by atoms with van der Waals surface area (Å²) in [4.78, 5) is 64.7. The van der Waals surface area contributed by atoms with Crippen molar-refractivity contribution in [2.24, 2.45) is 0 Å². The van der Waals surface area contributed by atoms with E-state index in [0.29, 0.717) is 24.1 Å². The fraction of sp³-hybridized carbons (Fsp3) is 0.318. The number of amides is 4. The number of halogens is 1. The topological polar surface area (TPSA) is 117 Å². The third-order valence-electron chi connectivity index (χ3n) is 5.93. The summed E-state index contributed by atoms with van der Waals surface area (Å²) < 4.78 is 15.0. The van der Waals surface area contributed by atoms with Crippen molar-refractivity contribution >= 4 is 29.6 Å². The minimum absolute atomic E-state index is 0.0683. The van der Waals surface area contributed by atoms with Crippen LogP contribution in [0.4, 0.5) is 9.18 Å². The molecule has 2 aliphatic rings. The molecule has 1 aromatic heterocycles. The molecule has 4 amide bonds. The van der Waals surface area contributed by atoms with Gasteiger partial charge in [-0.05, 0) is 42.7 Å². The minimum atomic E-state index is -1.51. The zero-order valence-electron chi connectivity index (χ0n) is 17.4. The lowest BCUT2D eigenvalue weighted by Gasteiger charge is -2.33. The predicted molar refractivity (Wildman–Crippen MR) is 108 cm³/mol. The molecule has 166 valence electrons. The molecule has 1 N–H and O–H groups in total. The van der Waals surface area contributed by atoms with Gasteiger partial charge < -0.3 is 9.67 Å². The Morgan fingerprint density at radius 1 is 1.03 bits per heavy atom. The Balaban J connectivity index is 2.08. The van der Waals surface area contributed by atoms with Gasteiger partial charge in [0.1, 0.15) is 18.3 Å². The van der Waals surface area contributed by atoms with Gasteiger partial charge in [-0.25, -0.2) is 9.18 Å². The number of likely N-dealkylation sites (N-methyl/N-ethyl adjacent to an activating group) is 2. The normalized spacial score (nSPS) is 17.2. The molecule has 1 aromatic carbocycles. The second-order valence-corrected chi connectivity index (χ2v) is 7.86. The number of hydrogen-bond acceptors (Lipinski definition) is 5. The van der Waals surface area contributed by atoms with Crippen LogP contribution in [-0.4, -0.2) is 63.2 Å². The molecule has 0 unspecified atom stereocenters. The van der Waals surface area contributed by atoms with Crippen LogP contribution in [0.5, 0.6) is 0 Å². The third-order valence-corrected chi connectivity index (χ3v) is 5.93. The van der Waals surface area contributed by atoms with E-state index in [0.717, 1.165) is 9.80 Å². The van der Waals surface area contributed by atoms with Gasteiger partial charge in [-0.3, -0.25) is 29.0 Å². The Bertz CT molecular complexity index is 1160. The first-order valence-corrected chi connectivity index (χ1v) is 9.98. The number of imide groups is 2. The number of carbonyl (C=O) groups excluding carboxylic acids is 4. The van der Waals surface area contributed by atoms with Crippen molar-refractivity contribution in [2.45, 2.75) is 31.7 Å². The maximum Gasteiger partial charge on any atom is 0.332 e. The number of Topliss-reactive ketones (excluding diaryl/α,β-unsaturated/α-hetero) is 1. The number of ketones is 1. The van der Waals surface area contributed by atoms with Crippen LogP contribution in [0.2, 0.25) is 0 Å². The molecule has 32 heavy (non-hydrogen) atoms. The first-order valence-electron chi connectivity index (χ1n) is 9.98. The number of urea groups is 1. The van der Waals surface area contributed by atoms with Crippen LogP contribution in [0.1, 0.15) is 40.4 Å². The van der Waals surface area contributed by atoms with E-state index in [9.17, 15) is 33.5 Å². The summed E-state index contributed by atoms with van der Waals surface area (Å²) in [7, 11) is 2.47. The van der Waals surface area contributed by atoms with E-state index in [2.05, 4.69) is 0 Å². The molecule has 0 bridgehead atoms. The summed E-state index contributed by atoms with van der Waals surface area (Å²) >= 11 is 0. The smallest absolute Gasteiger partial charge is 0.332 e. The van der Waals surface area contributed by atoms with Crippen molar-refractivity contribution < 1.29 is 33.5 Å². The first-order chi connectivity index (χ1) is 15.1. The second-order valence-electron chi connectivity index (χ2n) is 7.86. The average molecular weight is 441 g/mol. The standard InChI is InChI=1S/C22H20FN3O6/c1-24-20(30)18(21(31)25(2)22(24)32)17-16-13(4-3-5-14(16)27)26(10-15(28)29)19(17)11-6-8-12(23)9-7-11/h6-9,18H,3-5,10H2,1-2H3,(H,28,29). The molecule has 0 atom stereocenters. The van der Waals surface area contributed by atoms with Crippen LogP contribution >= 0.6 is 0 Å². The number of barbiturate groups is 1. The molecule has 4 rings (SSSR count). The van der Waals surface area contributed by atoms with Crippen LogP contribution in [0.15, 0.2) is 24.3 Å². The zero-order chi connectivity index (χ0) is 23.3. The first kappa shape index (κ1) is 21.4. The van der Waals surface area contributed by atoms with Crippen molar-refractivity contribution in [3.05, 3.63) is 46.9 Å². The SMILES string of the molecule is CN1C(=O)C(c2c3c(n(CC(=O)O)c2-c2ccc(F)cc2)CCCC3=O)C(=O)N(C)C1=O. The summed E-state index contributed by atoms with van der Waals surface area (Å²) in [6, 6.07) is 4.34. The number of nitrogens with zero attached hydrogens (tertiary/aromatic N) is 3. The van der Waals surface area contributed by atoms with Gasteiger partial charge in [0.15, 0.2) is 5.78 Å². The van der Waals surface area contributed by atoms with Crippen molar-refractivity contribution in [3.63, 3.8) is 0 Å². The lowest BCUT2D eigenvalue weighted by Crippen LogP contribution is -2.56. The second kappa shape index (κ2) is 7.70. The van der Waals surface area contributed by atoms with E-state index in [-0.39, 0.29) is 29.0 Å². The van der Waals surface area contributed by atoms with Gasteiger partial charge in [0.05, 0.1) is 5.69 Å². The summed E-state index contributed by atoms with van der Waals surface area (Å²) in [5, 5.41) is 9.53. The molecule has 0 saturated carbocycles.